The van der Waals surface area contributed by atoms with E-state index in [1.807, 2.05) is 64.6 Å². The van der Waals surface area contributed by atoms with Crippen LogP contribution in [-0.4, -0.2) is 51.5 Å². The maximum Gasteiger partial charge on any atom is 0.203 e. The van der Waals surface area contributed by atoms with E-state index in [4.69, 9.17) is 10.1 Å². The fraction of sp³-hybridized carbons (Fsp3) is 0.435. The Morgan fingerprint density at radius 2 is 1.72 bits per heavy atom. The molecule has 0 saturated carbocycles. The molecule has 2 aromatic carbocycles. The van der Waals surface area contributed by atoms with Gasteiger partial charge in [-0.2, -0.15) is 0 Å². The Hall–Kier alpha value is -2.57. The van der Waals surface area contributed by atoms with Crippen LogP contribution in [0.2, 0.25) is 0 Å². The van der Waals surface area contributed by atoms with Crippen LogP contribution in [0, 0.1) is 12.3 Å². The van der Waals surface area contributed by atoms with Crippen molar-refractivity contribution in [1.29, 1.82) is 5.41 Å². The quantitative estimate of drug-likeness (QED) is 0.554. The second kappa shape index (κ2) is 9.76. The number of rotatable bonds is 10. The average molecular weight is 397 g/mol. The summed E-state index contributed by atoms with van der Waals surface area (Å²) in [5.41, 5.74) is 3.52. The number of fused-ring (bicyclic) bond motifs is 1. The first-order valence-electron chi connectivity index (χ1n) is 10.4. The molecule has 6 nitrogen and oxygen atoms in total. The van der Waals surface area contributed by atoms with Crippen molar-refractivity contribution in [1.82, 2.24) is 14.0 Å². The predicted octanol–water partition coefficient (Wildman–Crippen LogP) is 3.01. The van der Waals surface area contributed by atoms with Crippen molar-refractivity contribution in [2.75, 3.05) is 26.2 Å². The largest absolute Gasteiger partial charge is 0.491 e. The fourth-order valence-corrected chi connectivity index (χ4v) is 3.65. The molecule has 0 amide bonds. The zero-order chi connectivity index (χ0) is 20.8. The summed E-state index contributed by atoms with van der Waals surface area (Å²) >= 11 is 0. The minimum Gasteiger partial charge on any atom is -0.491 e. The Labute approximate surface area is 172 Å². The number of para-hydroxylation sites is 2. The van der Waals surface area contributed by atoms with E-state index in [0.717, 1.165) is 48.5 Å². The monoisotopic (exact) mass is 396 g/mol. The van der Waals surface area contributed by atoms with Gasteiger partial charge in [-0.15, -0.1) is 0 Å². The SMILES string of the molecule is CCN(CC)CCn1c(=N)n(C[C@H](O)COc2cccc(C)c2)c2ccccc21. The van der Waals surface area contributed by atoms with E-state index >= 15 is 0 Å². The number of hydrogen-bond donors (Lipinski definition) is 2. The second-order valence-electron chi connectivity index (χ2n) is 7.38. The summed E-state index contributed by atoms with van der Waals surface area (Å²) in [5.74, 6) is 0.752. The van der Waals surface area contributed by atoms with Gasteiger partial charge < -0.3 is 23.9 Å². The molecule has 0 aliphatic carbocycles. The summed E-state index contributed by atoms with van der Waals surface area (Å²) in [7, 11) is 0. The fourth-order valence-electron chi connectivity index (χ4n) is 3.65. The van der Waals surface area contributed by atoms with Crippen LogP contribution >= 0.6 is 0 Å². The molecule has 6 heteroatoms. The maximum absolute atomic E-state index is 10.6. The van der Waals surface area contributed by atoms with Crippen molar-refractivity contribution in [2.45, 2.75) is 40.0 Å². The topological polar surface area (TPSA) is 66.4 Å². The lowest BCUT2D eigenvalue weighted by Gasteiger charge is -2.18. The molecule has 0 fully saturated rings. The zero-order valence-electron chi connectivity index (χ0n) is 17.6. The van der Waals surface area contributed by atoms with E-state index < -0.39 is 6.10 Å². The molecule has 1 aromatic heterocycles. The summed E-state index contributed by atoms with van der Waals surface area (Å²) in [4.78, 5) is 2.35. The van der Waals surface area contributed by atoms with Crippen molar-refractivity contribution in [2.24, 2.45) is 0 Å². The van der Waals surface area contributed by atoms with E-state index in [1.54, 1.807) is 0 Å². The molecule has 0 spiro atoms. The highest BCUT2D eigenvalue weighted by Gasteiger charge is 2.15. The molecule has 0 unspecified atom stereocenters. The van der Waals surface area contributed by atoms with Crippen molar-refractivity contribution in [3.05, 3.63) is 59.7 Å². The van der Waals surface area contributed by atoms with Gasteiger partial charge in [0.25, 0.3) is 0 Å². The lowest BCUT2D eigenvalue weighted by atomic mass is 10.2. The molecule has 0 saturated heterocycles. The summed E-state index contributed by atoms with van der Waals surface area (Å²) in [6, 6.07) is 15.8. The first kappa shape index (κ1) is 21.1. The van der Waals surface area contributed by atoms with Crippen LogP contribution in [0.25, 0.3) is 11.0 Å². The normalized spacial score (nSPS) is 12.6. The minimum absolute atomic E-state index is 0.189. The Morgan fingerprint density at radius 1 is 1.03 bits per heavy atom. The number of aryl methyl sites for hydroxylation is 1. The molecule has 29 heavy (non-hydrogen) atoms. The molecule has 3 rings (SSSR count). The number of imidazole rings is 1. The number of likely N-dealkylation sites (N-methyl/N-ethyl adjacent to an activating group) is 1. The molecule has 0 radical (unpaired) electrons. The van der Waals surface area contributed by atoms with Gasteiger partial charge in [0.05, 0.1) is 17.6 Å². The summed E-state index contributed by atoms with van der Waals surface area (Å²) in [6.45, 7) is 10.5. The number of benzene rings is 2. The third-order valence-corrected chi connectivity index (χ3v) is 5.33. The molecule has 156 valence electrons. The van der Waals surface area contributed by atoms with Gasteiger partial charge in [0.1, 0.15) is 18.5 Å². The third kappa shape index (κ3) is 5.08. The van der Waals surface area contributed by atoms with Crippen LogP contribution < -0.4 is 10.4 Å². The van der Waals surface area contributed by atoms with E-state index in [2.05, 4.69) is 18.7 Å². The molecule has 1 heterocycles. The number of nitrogens with zero attached hydrogens (tertiary/aromatic N) is 3. The van der Waals surface area contributed by atoms with Crippen molar-refractivity contribution in [3.8, 4) is 5.75 Å². The van der Waals surface area contributed by atoms with Gasteiger partial charge in [0, 0.05) is 13.1 Å². The van der Waals surface area contributed by atoms with Crippen LogP contribution in [0.5, 0.6) is 5.75 Å². The minimum atomic E-state index is -0.702. The number of aliphatic hydroxyl groups is 1. The van der Waals surface area contributed by atoms with Gasteiger partial charge in [-0.25, -0.2) is 0 Å². The molecule has 1 atom stereocenters. The number of nitrogens with one attached hydrogen (secondary N) is 1. The van der Waals surface area contributed by atoms with Gasteiger partial charge in [-0.1, -0.05) is 38.1 Å². The number of aromatic nitrogens is 2. The van der Waals surface area contributed by atoms with Gasteiger partial charge in [0.15, 0.2) is 0 Å². The second-order valence-corrected chi connectivity index (χ2v) is 7.38. The molecule has 3 aromatic rings. The third-order valence-electron chi connectivity index (χ3n) is 5.33. The summed E-state index contributed by atoms with van der Waals surface area (Å²) in [5, 5.41) is 19.3. The van der Waals surface area contributed by atoms with Crippen LogP contribution in [0.15, 0.2) is 48.5 Å². The van der Waals surface area contributed by atoms with Gasteiger partial charge in [0.2, 0.25) is 5.62 Å². The van der Waals surface area contributed by atoms with Gasteiger partial charge in [-0.05, 0) is 49.8 Å². The van der Waals surface area contributed by atoms with E-state index in [0.29, 0.717) is 12.2 Å². The molecule has 2 N–H and O–H groups in total. The molecule has 0 aliphatic rings. The van der Waals surface area contributed by atoms with Crippen molar-refractivity contribution in [3.63, 3.8) is 0 Å². The lowest BCUT2D eigenvalue weighted by molar-refractivity contribution is 0.0920. The molecule has 0 aliphatic heterocycles. The van der Waals surface area contributed by atoms with Crippen LogP contribution in [0.4, 0.5) is 0 Å². The first-order valence-corrected chi connectivity index (χ1v) is 10.4. The van der Waals surface area contributed by atoms with E-state index in [9.17, 15) is 5.11 Å². The lowest BCUT2D eigenvalue weighted by Crippen LogP contribution is -2.34. The van der Waals surface area contributed by atoms with E-state index in [1.165, 1.54) is 0 Å². The van der Waals surface area contributed by atoms with E-state index in [-0.39, 0.29) is 6.61 Å². The molecular formula is C23H32N4O2. The molecular weight excluding hydrogens is 364 g/mol. The highest BCUT2D eigenvalue weighted by atomic mass is 16.5. The van der Waals surface area contributed by atoms with Crippen LogP contribution in [-0.2, 0) is 13.1 Å². The highest BCUT2D eigenvalue weighted by molar-refractivity contribution is 5.75. The number of hydrogen-bond acceptors (Lipinski definition) is 4. The summed E-state index contributed by atoms with van der Waals surface area (Å²) < 4.78 is 9.66. The standard InChI is InChI=1S/C23H32N4O2/c1-4-25(5-2)13-14-26-21-11-6-7-12-22(21)27(23(26)24)16-19(28)17-29-20-10-8-9-18(3)15-20/h6-12,15,19,24,28H,4-5,13-14,16-17H2,1-3H3/t19-/m0/s1. The Morgan fingerprint density at radius 3 is 2.38 bits per heavy atom. The molecule has 0 bridgehead atoms. The predicted molar refractivity (Wildman–Crippen MR) is 116 cm³/mol. The summed E-state index contributed by atoms with van der Waals surface area (Å²) in [6.07, 6.45) is -0.702. The Bertz CT molecular complexity index is 988. The maximum atomic E-state index is 10.6. The number of ether oxygens (including phenoxy) is 1. The van der Waals surface area contributed by atoms with Crippen LogP contribution in [0.1, 0.15) is 19.4 Å². The zero-order valence-corrected chi connectivity index (χ0v) is 17.6. The highest BCUT2D eigenvalue weighted by Crippen LogP contribution is 2.15. The van der Waals surface area contributed by atoms with Crippen molar-refractivity contribution < 1.29 is 9.84 Å². The van der Waals surface area contributed by atoms with Gasteiger partial charge >= 0.3 is 0 Å². The average Bonchev–Trinajstić information content (AvgIpc) is 2.99. The van der Waals surface area contributed by atoms with Gasteiger partial charge in [-0.3, -0.25) is 5.41 Å². The first-order chi connectivity index (χ1) is 14.0. The van der Waals surface area contributed by atoms with Crippen molar-refractivity contribution >= 4 is 11.0 Å². The smallest absolute Gasteiger partial charge is 0.203 e. The Kier molecular flexibility index (Phi) is 7.12. The number of aliphatic hydroxyl groups excluding tert-OH is 1. The Balaban J connectivity index is 1.76. The van der Waals surface area contributed by atoms with Crippen LogP contribution in [0.3, 0.4) is 0 Å².